The molecule has 4 heterocycles. The van der Waals surface area contributed by atoms with E-state index in [4.69, 9.17) is 13.7 Å². The van der Waals surface area contributed by atoms with Gasteiger partial charge in [0.05, 0.1) is 17.7 Å². The Hall–Kier alpha value is -1.73. The van der Waals surface area contributed by atoms with Crippen LogP contribution in [0.3, 0.4) is 0 Å². The van der Waals surface area contributed by atoms with Gasteiger partial charge in [-0.3, -0.25) is 4.90 Å². The molecule has 0 unspecified atom stereocenters. The minimum atomic E-state index is 0.219. The average molecular weight is 318 g/mol. The number of nitrogens with zero attached hydrogens (tertiary/aromatic N) is 4. The van der Waals surface area contributed by atoms with Crippen molar-refractivity contribution in [3.63, 3.8) is 0 Å². The highest BCUT2D eigenvalue weighted by atomic mass is 16.5. The van der Waals surface area contributed by atoms with Crippen LogP contribution in [0, 0.1) is 20.8 Å². The number of fused-ring (bicyclic) bond motifs is 1. The molecule has 0 N–H and O–H groups in total. The van der Waals surface area contributed by atoms with Crippen molar-refractivity contribution in [2.45, 2.75) is 58.2 Å². The number of hydrogen-bond acceptors (Lipinski definition) is 7. The van der Waals surface area contributed by atoms with Gasteiger partial charge in [0.1, 0.15) is 5.76 Å². The highest BCUT2D eigenvalue weighted by Crippen LogP contribution is 2.37. The Morgan fingerprint density at radius 1 is 1.22 bits per heavy atom. The monoisotopic (exact) mass is 318 g/mol. The van der Waals surface area contributed by atoms with Gasteiger partial charge < -0.3 is 13.7 Å². The van der Waals surface area contributed by atoms with Crippen molar-refractivity contribution in [1.82, 2.24) is 20.3 Å². The molecule has 2 aliphatic heterocycles. The Bertz CT molecular complexity index is 676. The van der Waals surface area contributed by atoms with Gasteiger partial charge in [-0.1, -0.05) is 5.16 Å². The molecule has 0 spiro atoms. The minimum absolute atomic E-state index is 0.219. The third-order valence-electron chi connectivity index (χ3n) is 5.05. The largest absolute Gasteiger partial charge is 0.425 e. The Kier molecular flexibility index (Phi) is 3.69. The van der Waals surface area contributed by atoms with Gasteiger partial charge in [0, 0.05) is 38.2 Å². The first kappa shape index (κ1) is 14.8. The molecule has 2 fully saturated rings. The second-order valence-electron chi connectivity index (χ2n) is 6.59. The Morgan fingerprint density at radius 3 is 2.78 bits per heavy atom. The van der Waals surface area contributed by atoms with Crippen LogP contribution in [0.2, 0.25) is 0 Å². The third kappa shape index (κ3) is 2.68. The Labute approximate surface area is 135 Å². The molecule has 0 aromatic carbocycles. The number of likely N-dealkylation sites (tertiary alicyclic amines) is 1. The highest BCUT2D eigenvalue weighted by Gasteiger charge is 2.42. The molecule has 124 valence electrons. The highest BCUT2D eigenvalue weighted by molar-refractivity contribution is 5.21. The van der Waals surface area contributed by atoms with E-state index in [-0.39, 0.29) is 12.0 Å². The number of aromatic nitrogens is 3. The number of aryl methyl sites for hydroxylation is 3. The van der Waals surface area contributed by atoms with E-state index in [2.05, 4.69) is 20.3 Å². The van der Waals surface area contributed by atoms with Crippen molar-refractivity contribution in [2.75, 3.05) is 13.2 Å². The van der Waals surface area contributed by atoms with Crippen LogP contribution in [0.25, 0.3) is 0 Å². The summed E-state index contributed by atoms with van der Waals surface area (Å²) >= 11 is 0. The maximum absolute atomic E-state index is 5.95. The van der Waals surface area contributed by atoms with E-state index in [0.29, 0.717) is 11.9 Å². The van der Waals surface area contributed by atoms with Gasteiger partial charge in [-0.25, -0.2) is 0 Å². The van der Waals surface area contributed by atoms with Crippen LogP contribution in [0.5, 0.6) is 0 Å². The molecule has 2 aliphatic rings. The number of hydrogen-bond donors (Lipinski definition) is 0. The van der Waals surface area contributed by atoms with E-state index in [0.717, 1.165) is 49.9 Å². The molecule has 0 bridgehead atoms. The first-order valence-corrected chi connectivity index (χ1v) is 8.19. The van der Waals surface area contributed by atoms with Crippen LogP contribution < -0.4 is 0 Å². The molecule has 7 heteroatoms. The van der Waals surface area contributed by atoms with Gasteiger partial charge >= 0.3 is 0 Å². The molecule has 3 atom stereocenters. The predicted molar refractivity (Wildman–Crippen MR) is 80.9 cm³/mol. The van der Waals surface area contributed by atoms with Gasteiger partial charge in [-0.15, -0.1) is 10.2 Å². The lowest BCUT2D eigenvalue weighted by molar-refractivity contribution is 0.00900. The van der Waals surface area contributed by atoms with E-state index in [1.54, 1.807) is 0 Å². The average Bonchev–Trinajstić information content (AvgIpc) is 3.23. The van der Waals surface area contributed by atoms with Gasteiger partial charge in [0.25, 0.3) is 0 Å². The maximum Gasteiger partial charge on any atom is 0.220 e. The lowest BCUT2D eigenvalue weighted by Crippen LogP contribution is -2.48. The zero-order chi connectivity index (χ0) is 16.0. The van der Waals surface area contributed by atoms with Crippen molar-refractivity contribution in [3.05, 3.63) is 28.8 Å². The molecule has 2 saturated heterocycles. The number of ether oxygens (including phenoxy) is 1. The fraction of sp³-hybridized carbons (Fsp3) is 0.688. The second kappa shape index (κ2) is 5.72. The van der Waals surface area contributed by atoms with E-state index < -0.39 is 0 Å². The fourth-order valence-electron chi connectivity index (χ4n) is 3.82. The normalized spacial score (nSPS) is 28.2. The van der Waals surface area contributed by atoms with Crippen molar-refractivity contribution in [1.29, 1.82) is 0 Å². The Morgan fingerprint density at radius 2 is 2.09 bits per heavy atom. The molecule has 2 aromatic rings. The van der Waals surface area contributed by atoms with Crippen LogP contribution in [0.15, 0.2) is 8.94 Å². The molecule has 7 nitrogen and oxygen atoms in total. The standard InChI is InChI=1S/C16H22N4O3/c1-9-13(10(2)23-19-9)8-20-7-12(16-18-17-11(3)22-16)6-15-14(20)4-5-21-15/h12,14-15H,4-8H2,1-3H3/t12-,14+,15+/m1/s1. The summed E-state index contributed by atoms with van der Waals surface area (Å²) in [7, 11) is 0. The topological polar surface area (TPSA) is 77.4 Å². The lowest BCUT2D eigenvalue weighted by atomic mass is 9.89. The lowest BCUT2D eigenvalue weighted by Gasteiger charge is -2.39. The van der Waals surface area contributed by atoms with Crippen LogP contribution >= 0.6 is 0 Å². The molecular weight excluding hydrogens is 296 g/mol. The fourth-order valence-corrected chi connectivity index (χ4v) is 3.82. The summed E-state index contributed by atoms with van der Waals surface area (Å²) in [6, 6.07) is 0.448. The molecular formula is C16H22N4O3. The molecule has 0 aliphatic carbocycles. The number of piperidine rings is 1. The summed E-state index contributed by atoms with van der Waals surface area (Å²) in [5, 5.41) is 12.3. The van der Waals surface area contributed by atoms with Crippen molar-refractivity contribution in [3.8, 4) is 0 Å². The smallest absolute Gasteiger partial charge is 0.220 e. The predicted octanol–water partition coefficient (Wildman–Crippen LogP) is 2.13. The summed E-state index contributed by atoms with van der Waals surface area (Å²) in [6.07, 6.45) is 2.26. The quantitative estimate of drug-likeness (QED) is 0.858. The van der Waals surface area contributed by atoms with Crippen molar-refractivity contribution >= 4 is 0 Å². The van der Waals surface area contributed by atoms with Crippen LogP contribution in [0.4, 0.5) is 0 Å². The summed E-state index contributed by atoms with van der Waals surface area (Å²) < 4.78 is 16.9. The van der Waals surface area contributed by atoms with E-state index in [1.807, 2.05) is 20.8 Å². The second-order valence-corrected chi connectivity index (χ2v) is 6.59. The van der Waals surface area contributed by atoms with Crippen LogP contribution in [-0.4, -0.2) is 45.6 Å². The SMILES string of the molecule is Cc1nnc([C@@H]2C[C@@H]3OCC[C@@H]3N(Cc3c(C)noc3C)C2)o1. The van der Waals surface area contributed by atoms with Crippen LogP contribution in [0.1, 0.15) is 47.6 Å². The van der Waals surface area contributed by atoms with E-state index in [9.17, 15) is 0 Å². The first-order valence-electron chi connectivity index (χ1n) is 8.19. The molecule has 0 amide bonds. The summed E-state index contributed by atoms with van der Waals surface area (Å²) in [4.78, 5) is 2.47. The van der Waals surface area contributed by atoms with Gasteiger partial charge in [0.15, 0.2) is 0 Å². The molecule has 0 saturated carbocycles. The minimum Gasteiger partial charge on any atom is -0.425 e. The van der Waals surface area contributed by atoms with Gasteiger partial charge in [0.2, 0.25) is 11.8 Å². The first-order chi connectivity index (χ1) is 11.1. The van der Waals surface area contributed by atoms with E-state index in [1.165, 1.54) is 5.56 Å². The molecule has 4 rings (SSSR count). The maximum atomic E-state index is 5.95. The Balaban J connectivity index is 1.58. The molecule has 2 aromatic heterocycles. The van der Waals surface area contributed by atoms with Crippen molar-refractivity contribution in [2.24, 2.45) is 0 Å². The zero-order valence-corrected chi connectivity index (χ0v) is 13.8. The summed E-state index contributed by atoms with van der Waals surface area (Å²) in [5.74, 6) is 2.46. The molecule has 23 heavy (non-hydrogen) atoms. The number of rotatable bonds is 3. The summed E-state index contributed by atoms with van der Waals surface area (Å²) in [5.41, 5.74) is 2.15. The van der Waals surface area contributed by atoms with Gasteiger partial charge in [-0.2, -0.15) is 0 Å². The third-order valence-corrected chi connectivity index (χ3v) is 5.05. The summed E-state index contributed by atoms with van der Waals surface area (Å²) in [6.45, 7) is 8.35. The van der Waals surface area contributed by atoms with E-state index >= 15 is 0 Å². The van der Waals surface area contributed by atoms with Crippen LogP contribution in [-0.2, 0) is 11.3 Å². The van der Waals surface area contributed by atoms with Crippen molar-refractivity contribution < 1.29 is 13.7 Å². The van der Waals surface area contributed by atoms with Gasteiger partial charge in [-0.05, 0) is 26.7 Å². The zero-order valence-electron chi connectivity index (χ0n) is 13.8. The molecule has 0 radical (unpaired) electrons.